The number of para-hydroxylation sites is 1. The number of hydrogen-bond acceptors (Lipinski definition) is 2. The average Bonchev–Trinajstić information content (AvgIpc) is 2.89. The molecule has 2 unspecified atom stereocenters. The summed E-state index contributed by atoms with van der Waals surface area (Å²) in [4.78, 5) is 0. The number of fused-ring (bicyclic) bond motifs is 1. The Labute approximate surface area is 103 Å². The van der Waals surface area contributed by atoms with Crippen LogP contribution < -0.4 is 5.32 Å². The highest BCUT2D eigenvalue weighted by Crippen LogP contribution is 2.28. The maximum atomic E-state index is 5.69. The molecule has 0 amide bonds. The van der Waals surface area contributed by atoms with Gasteiger partial charge in [-0.15, -0.1) is 0 Å². The highest BCUT2D eigenvalue weighted by Gasteiger charge is 2.21. The van der Waals surface area contributed by atoms with Gasteiger partial charge in [0.15, 0.2) is 0 Å². The molecule has 0 bridgehead atoms. The lowest BCUT2D eigenvalue weighted by Gasteiger charge is -2.26. The molecule has 0 spiro atoms. The van der Waals surface area contributed by atoms with E-state index in [1.807, 2.05) is 0 Å². The number of hydrogen-bond donors (Lipinski definition) is 1. The minimum absolute atomic E-state index is 0.548. The van der Waals surface area contributed by atoms with Gasteiger partial charge >= 0.3 is 0 Å². The predicted molar refractivity (Wildman–Crippen MR) is 70.3 cm³/mol. The number of benzene rings is 1. The van der Waals surface area contributed by atoms with Gasteiger partial charge in [0, 0.05) is 18.8 Å². The molecule has 1 aromatic carbocycles. The Bertz CT molecular complexity index is 371. The molecule has 2 aliphatic heterocycles. The van der Waals surface area contributed by atoms with Crippen molar-refractivity contribution in [2.75, 3.05) is 18.5 Å². The molecule has 1 saturated heterocycles. The van der Waals surface area contributed by atoms with Gasteiger partial charge in [0.1, 0.15) is 0 Å². The van der Waals surface area contributed by atoms with Crippen molar-refractivity contribution in [2.24, 2.45) is 5.92 Å². The van der Waals surface area contributed by atoms with Gasteiger partial charge in [0.25, 0.3) is 0 Å². The van der Waals surface area contributed by atoms with E-state index in [0.29, 0.717) is 6.10 Å². The van der Waals surface area contributed by atoms with E-state index in [0.717, 1.165) is 19.1 Å². The molecule has 2 heterocycles. The molecule has 17 heavy (non-hydrogen) atoms. The van der Waals surface area contributed by atoms with Gasteiger partial charge in [-0.2, -0.15) is 0 Å². The highest BCUT2D eigenvalue weighted by atomic mass is 16.5. The lowest BCUT2D eigenvalue weighted by molar-refractivity contribution is 0.0984. The molecule has 2 nitrogen and oxygen atoms in total. The molecule has 0 aromatic heterocycles. The van der Waals surface area contributed by atoms with Crippen molar-refractivity contribution in [1.82, 2.24) is 0 Å². The van der Waals surface area contributed by atoms with Crippen LogP contribution in [0.3, 0.4) is 0 Å². The standard InChI is InChI=1S/C15H21NO/c1-2-6-15-13(4-1)10-12(11-16-15)7-8-14-5-3-9-17-14/h1-2,4,6,12,14,16H,3,5,7-11H2. The second-order valence-electron chi connectivity index (χ2n) is 5.32. The Balaban J connectivity index is 1.53. The van der Waals surface area contributed by atoms with E-state index >= 15 is 0 Å². The van der Waals surface area contributed by atoms with Crippen molar-refractivity contribution in [3.05, 3.63) is 29.8 Å². The largest absolute Gasteiger partial charge is 0.385 e. The zero-order valence-corrected chi connectivity index (χ0v) is 10.3. The summed E-state index contributed by atoms with van der Waals surface area (Å²) >= 11 is 0. The maximum absolute atomic E-state index is 5.69. The Kier molecular flexibility index (Phi) is 3.32. The normalized spacial score (nSPS) is 27.5. The van der Waals surface area contributed by atoms with Crippen molar-refractivity contribution in [3.8, 4) is 0 Å². The van der Waals surface area contributed by atoms with Crippen LogP contribution in [0.1, 0.15) is 31.2 Å². The van der Waals surface area contributed by atoms with Crippen molar-refractivity contribution >= 4 is 5.69 Å². The summed E-state index contributed by atoms with van der Waals surface area (Å²) in [5.41, 5.74) is 2.82. The van der Waals surface area contributed by atoms with Crippen LogP contribution >= 0.6 is 0 Å². The van der Waals surface area contributed by atoms with Gasteiger partial charge in [-0.05, 0) is 49.7 Å². The zero-order chi connectivity index (χ0) is 11.5. The predicted octanol–water partition coefficient (Wildman–Crippen LogP) is 3.23. The fourth-order valence-corrected chi connectivity index (χ4v) is 3.01. The summed E-state index contributed by atoms with van der Waals surface area (Å²) in [6, 6.07) is 8.69. The summed E-state index contributed by atoms with van der Waals surface area (Å²) in [5.74, 6) is 0.786. The number of ether oxygens (including phenoxy) is 1. The van der Waals surface area contributed by atoms with E-state index in [1.54, 1.807) is 0 Å². The van der Waals surface area contributed by atoms with Gasteiger partial charge in [0.05, 0.1) is 6.10 Å². The Morgan fingerprint density at radius 3 is 3.06 bits per heavy atom. The second kappa shape index (κ2) is 5.09. The average molecular weight is 231 g/mol. The molecule has 2 atom stereocenters. The second-order valence-corrected chi connectivity index (χ2v) is 5.32. The van der Waals surface area contributed by atoms with Gasteiger partial charge in [-0.1, -0.05) is 18.2 Å². The third kappa shape index (κ3) is 2.63. The Hall–Kier alpha value is -1.02. The van der Waals surface area contributed by atoms with E-state index in [4.69, 9.17) is 4.74 Å². The highest BCUT2D eigenvalue weighted by molar-refractivity contribution is 5.53. The summed E-state index contributed by atoms with van der Waals surface area (Å²) in [6.07, 6.45) is 6.86. The summed E-state index contributed by atoms with van der Waals surface area (Å²) in [5, 5.41) is 3.55. The molecule has 1 N–H and O–H groups in total. The lowest BCUT2D eigenvalue weighted by Crippen LogP contribution is -2.24. The lowest BCUT2D eigenvalue weighted by atomic mass is 9.89. The first-order valence-corrected chi connectivity index (χ1v) is 6.85. The van der Waals surface area contributed by atoms with E-state index in [-0.39, 0.29) is 0 Å². The smallest absolute Gasteiger partial charge is 0.0576 e. The summed E-state index contributed by atoms with van der Waals surface area (Å²) in [7, 11) is 0. The number of nitrogens with one attached hydrogen (secondary N) is 1. The van der Waals surface area contributed by atoms with Gasteiger partial charge in [0.2, 0.25) is 0 Å². The third-order valence-corrected chi connectivity index (χ3v) is 4.03. The van der Waals surface area contributed by atoms with Crippen LogP contribution in [0.25, 0.3) is 0 Å². The topological polar surface area (TPSA) is 21.3 Å². The Morgan fingerprint density at radius 2 is 2.18 bits per heavy atom. The molecular weight excluding hydrogens is 210 g/mol. The number of rotatable bonds is 3. The zero-order valence-electron chi connectivity index (χ0n) is 10.3. The first kappa shape index (κ1) is 11.1. The van der Waals surface area contributed by atoms with Crippen molar-refractivity contribution in [1.29, 1.82) is 0 Å². The first-order valence-electron chi connectivity index (χ1n) is 6.85. The maximum Gasteiger partial charge on any atom is 0.0576 e. The van der Waals surface area contributed by atoms with E-state index in [1.165, 1.54) is 43.4 Å². The molecule has 2 aliphatic rings. The number of anilines is 1. The molecule has 0 saturated carbocycles. The van der Waals surface area contributed by atoms with Gasteiger partial charge in [-0.3, -0.25) is 0 Å². The fraction of sp³-hybridized carbons (Fsp3) is 0.600. The molecule has 3 rings (SSSR count). The van der Waals surface area contributed by atoms with Crippen LogP contribution in [-0.2, 0) is 11.2 Å². The molecule has 1 aromatic rings. The quantitative estimate of drug-likeness (QED) is 0.862. The molecule has 0 radical (unpaired) electrons. The molecule has 0 aliphatic carbocycles. The SMILES string of the molecule is c1ccc2c(c1)CC(CCC1CCCO1)CN2. The van der Waals surface area contributed by atoms with Crippen LogP contribution in [0, 0.1) is 5.92 Å². The summed E-state index contributed by atoms with van der Waals surface area (Å²) < 4.78 is 5.69. The summed E-state index contributed by atoms with van der Waals surface area (Å²) in [6.45, 7) is 2.11. The third-order valence-electron chi connectivity index (χ3n) is 4.03. The van der Waals surface area contributed by atoms with Crippen LogP contribution in [0.15, 0.2) is 24.3 Å². The Morgan fingerprint density at radius 1 is 1.24 bits per heavy atom. The first-order chi connectivity index (χ1) is 8.42. The van der Waals surface area contributed by atoms with Crippen molar-refractivity contribution in [3.63, 3.8) is 0 Å². The monoisotopic (exact) mass is 231 g/mol. The van der Waals surface area contributed by atoms with Crippen LogP contribution in [-0.4, -0.2) is 19.3 Å². The van der Waals surface area contributed by atoms with E-state index in [9.17, 15) is 0 Å². The van der Waals surface area contributed by atoms with Crippen LogP contribution in [0.2, 0.25) is 0 Å². The van der Waals surface area contributed by atoms with E-state index in [2.05, 4.69) is 29.6 Å². The molecular formula is C15H21NO. The molecule has 1 fully saturated rings. The van der Waals surface area contributed by atoms with Crippen LogP contribution in [0.5, 0.6) is 0 Å². The minimum Gasteiger partial charge on any atom is -0.385 e. The molecule has 92 valence electrons. The van der Waals surface area contributed by atoms with Crippen LogP contribution in [0.4, 0.5) is 5.69 Å². The van der Waals surface area contributed by atoms with Gasteiger partial charge < -0.3 is 10.1 Å². The van der Waals surface area contributed by atoms with Crippen molar-refractivity contribution in [2.45, 2.75) is 38.2 Å². The fourth-order valence-electron chi connectivity index (χ4n) is 3.01. The molecule has 2 heteroatoms. The van der Waals surface area contributed by atoms with Gasteiger partial charge in [-0.25, -0.2) is 0 Å². The minimum atomic E-state index is 0.548. The van der Waals surface area contributed by atoms with E-state index < -0.39 is 0 Å². The van der Waals surface area contributed by atoms with Crippen molar-refractivity contribution < 1.29 is 4.74 Å².